The molecule has 126 valence electrons. The van der Waals surface area contributed by atoms with E-state index in [4.69, 9.17) is 0 Å². The first-order valence-corrected chi connectivity index (χ1v) is 7.71. The average Bonchev–Trinajstić information content (AvgIpc) is 2.57. The summed E-state index contributed by atoms with van der Waals surface area (Å²) in [6.07, 6.45) is 2.80. The van der Waals surface area contributed by atoms with Crippen LogP contribution in [0.4, 0.5) is 11.5 Å². The summed E-state index contributed by atoms with van der Waals surface area (Å²) in [6, 6.07) is 3.81. The zero-order chi connectivity index (χ0) is 15.4. The number of piperazine rings is 1. The van der Waals surface area contributed by atoms with Crippen LogP contribution in [0.1, 0.15) is 12.8 Å². The molecule has 0 radical (unpaired) electrons. The summed E-state index contributed by atoms with van der Waals surface area (Å²) in [7, 11) is 0. The molecule has 2 saturated heterocycles. The standard InChI is InChI=1S/C15H21N5O2.ClH/c21-14-4-1-11(9-18-14)15(22)19-13-3-2-12(10-17-13)20-7-5-16-6-8-20;/h2-3,10-11,16H,1,4-9H2,(H,18,21)(H,17,19,22);1H. The topological polar surface area (TPSA) is 86.4 Å². The van der Waals surface area contributed by atoms with Crippen molar-refractivity contribution in [3.8, 4) is 0 Å². The minimum absolute atomic E-state index is 0. The lowest BCUT2D eigenvalue weighted by Crippen LogP contribution is -2.43. The molecule has 1 atom stereocenters. The molecule has 1 aromatic rings. The number of hydrogen-bond acceptors (Lipinski definition) is 5. The third-order valence-electron chi connectivity index (χ3n) is 4.12. The van der Waals surface area contributed by atoms with Gasteiger partial charge in [0, 0.05) is 39.1 Å². The molecule has 1 aromatic heterocycles. The molecule has 2 amide bonds. The van der Waals surface area contributed by atoms with Gasteiger partial charge in [0.1, 0.15) is 5.82 Å². The molecule has 0 saturated carbocycles. The molecule has 0 spiro atoms. The number of carbonyl (C=O) groups excluding carboxylic acids is 2. The molecule has 7 nitrogen and oxygen atoms in total. The van der Waals surface area contributed by atoms with Crippen molar-refractivity contribution in [2.24, 2.45) is 5.92 Å². The molecule has 0 aromatic carbocycles. The maximum Gasteiger partial charge on any atom is 0.230 e. The molecule has 1 unspecified atom stereocenters. The van der Waals surface area contributed by atoms with Crippen molar-refractivity contribution in [3.05, 3.63) is 18.3 Å². The number of amides is 2. The zero-order valence-corrected chi connectivity index (χ0v) is 13.7. The molecule has 3 heterocycles. The van der Waals surface area contributed by atoms with Crippen molar-refractivity contribution in [3.63, 3.8) is 0 Å². The lowest BCUT2D eigenvalue weighted by atomic mass is 9.98. The largest absolute Gasteiger partial charge is 0.368 e. The van der Waals surface area contributed by atoms with Gasteiger partial charge in [-0.1, -0.05) is 0 Å². The fraction of sp³-hybridized carbons (Fsp3) is 0.533. The van der Waals surface area contributed by atoms with Crippen molar-refractivity contribution >= 4 is 35.7 Å². The van der Waals surface area contributed by atoms with Crippen molar-refractivity contribution in [1.29, 1.82) is 0 Å². The Bertz CT molecular complexity index is 535. The van der Waals surface area contributed by atoms with Gasteiger partial charge in [0.25, 0.3) is 0 Å². The van der Waals surface area contributed by atoms with Crippen LogP contribution in [0.5, 0.6) is 0 Å². The van der Waals surface area contributed by atoms with E-state index < -0.39 is 0 Å². The summed E-state index contributed by atoms with van der Waals surface area (Å²) in [5.74, 6) is 0.318. The third kappa shape index (κ3) is 4.56. The van der Waals surface area contributed by atoms with Gasteiger partial charge < -0.3 is 20.9 Å². The third-order valence-corrected chi connectivity index (χ3v) is 4.12. The highest BCUT2D eigenvalue weighted by atomic mass is 35.5. The first-order chi connectivity index (χ1) is 10.7. The molecule has 3 N–H and O–H groups in total. The van der Waals surface area contributed by atoms with Crippen molar-refractivity contribution in [1.82, 2.24) is 15.6 Å². The highest BCUT2D eigenvalue weighted by molar-refractivity contribution is 5.93. The van der Waals surface area contributed by atoms with Crippen molar-refractivity contribution in [2.75, 3.05) is 42.9 Å². The molecule has 0 aliphatic carbocycles. The van der Waals surface area contributed by atoms with Gasteiger partial charge in [0.05, 0.1) is 17.8 Å². The second kappa shape index (κ2) is 8.12. The van der Waals surface area contributed by atoms with Gasteiger partial charge in [-0.25, -0.2) is 4.98 Å². The van der Waals surface area contributed by atoms with Crippen LogP contribution in [0, 0.1) is 5.92 Å². The van der Waals surface area contributed by atoms with Gasteiger partial charge >= 0.3 is 0 Å². The number of halogens is 1. The number of piperidine rings is 1. The van der Waals surface area contributed by atoms with E-state index in [0.29, 0.717) is 25.2 Å². The lowest BCUT2D eigenvalue weighted by Gasteiger charge is -2.29. The molecular formula is C15H22ClN5O2. The molecule has 2 fully saturated rings. The van der Waals surface area contributed by atoms with Crippen molar-refractivity contribution < 1.29 is 9.59 Å². The smallest absolute Gasteiger partial charge is 0.230 e. The predicted octanol–water partition coefficient (Wildman–Crippen LogP) is 0.378. The number of carbonyl (C=O) groups is 2. The average molecular weight is 340 g/mol. The predicted molar refractivity (Wildman–Crippen MR) is 90.9 cm³/mol. The molecule has 2 aliphatic heterocycles. The molecule has 8 heteroatoms. The first kappa shape index (κ1) is 17.5. The molecule has 0 bridgehead atoms. The molecule has 2 aliphatic rings. The number of anilines is 2. The Balaban J connectivity index is 0.00000192. The fourth-order valence-electron chi connectivity index (χ4n) is 2.75. The van der Waals surface area contributed by atoms with E-state index in [1.807, 2.05) is 12.1 Å². The molecule has 23 heavy (non-hydrogen) atoms. The van der Waals surface area contributed by atoms with E-state index >= 15 is 0 Å². The highest BCUT2D eigenvalue weighted by Crippen LogP contribution is 2.17. The number of pyridine rings is 1. The zero-order valence-electron chi connectivity index (χ0n) is 12.9. The summed E-state index contributed by atoms with van der Waals surface area (Å²) in [5.41, 5.74) is 1.07. The van der Waals surface area contributed by atoms with E-state index in [9.17, 15) is 9.59 Å². The van der Waals surface area contributed by atoms with Gasteiger partial charge in [-0.05, 0) is 18.6 Å². The lowest BCUT2D eigenvalue weighted by molar-refractivity contribution is -0.126. The van der Waals surface area contributed by atoms with Crippen LogP contribution in [-0.2, 0) is 9.59 Å². The van der Waals surface area contributed by atoms with Crippen LogP contribution >= 0.6 is 12.4 Å². The number of aromatic nitrogens is 1. The Morgan fingerprint density at radius 3 is 2.70 bits per heavy atom. The maximum absolute atomic E-state index is 12.1. The maximum atomic E-state index is 12.1. The van der Waals surface area contributed by atoms with E-state index in [0.717, 1.165) is 31.9 Å². The van der Waals surface area contributed by atoms with Crippen LogP contribution in [0.15, 0.2) is 18.3 Å². The minimum Gasteiger partial charge on any atom is -0.368 e. The van der Waals surface area contributed by atoms with Crippen LogP contribution in [0.2, 0.25) is 0 Å². The van der Waals surface area contributed by atoms with Gasteiger partial charge in [-0.3, -0.25) is 9.59 Å². The molecular weight excluding hydrogens is 318 g/mol. The Morgan fingerprint density at radius 1 is 1.30 bits per heavy atom. The number of hydrogen-bond donors (Lipinski definition) is 3. The van der Waals surface area contributed by atoms with E-state index in [1.54, 1.807) is 6.20 Å². The minimum atomic E-state index is -0.174. The summed E-state index contributed by atoms with van der Waals surface area (Å²) >= 11 is 0. The quantitative estimate of drug-likeness (QED) is 0.741. The van der Waals surface area contributed by atoms with Gasteiger partial charge in [0.15, 0.2) is 0 Å². The Labute approximate surface area is 141 Å². The second-order valence-corrected chi connectivity index (χ2v) is 5.67. The summed E-state index contributed by atoms with van der Waals surface area (Å²) < 4.78 is 0. The highest BCUT2D eigenvalue weighted by Gasteiger charge is 2.24. The number of nitrogens with one attached hydrogen (secondary N) is 3. The van der Waals surface area contributed by atoms with E-state index in [1.165, 1.54) is 0 Å². The van der Waals surface area contributed by atoms with Crippen molar-refractivity contribution in [2.45, 2.75) is 12.8 Å². The Morgan fingerprint density at radius 2 is 2.09 bits per heavy atom. The second-order valence-electron chi connectivity index (χ2n) is 5.67. The van der Waals surface area contributed by atoms with Crippen LogP contribution in [-0.4, -0.2) is 49.5 Å². The number of rotatable bonds is 3. The van der Waals surface area contributed by atoms with Crippen LogP contribution in [0.3, 0.4) is 0 Å². The summed E-state index contributed by atoms with van der Waals surface area (Å²) in [5, 5.41) is 8.85. The monoisotopic (exact) mass is 339 g/mol. The number of nitrogens with zero attached hydrogens (tertiary/aromatic N) is 2. The summed E-state index contributed by atoms with van der Waals surface area (Å²) in [4.78, 5) is 29.8. The van der Waals surface area contributed by atoms with Crippen LogP contribution in [0.25, 0.3) is 0 Å². The SMILES string of the molecule is Cl.O=C1CCC(C(=O)Nc2ccc(N3CCNCC3)cn2)CN1. The Kier molecular flexibility index (Phi) is 6.18. The summed E-state index contributed by atoms with van der Waals surface area (Å²) in [6.45, 7) is 4.30. The van der Waals surface area contributed by atoms with Gasteiger partial charge in [-0.2, -0.15) is 0 Å². The van der Waals surface area contributed by atoms with E-state index in [-0.39, 0.29) is 30.1 Å². The molecule has 3 rings (SSSR count). The van der Waals surface area contributed by atoms with Gasteiger partial charge in [-0.15, -0.1) is 12.4 Å². The van der Waals surface area contributed by atoms with Gasteiger partial charge in [0.2, 0.25) is 11.8 Å². The fourth-order valence-corrected chi connectivity index (χ4v) is 2.75. The Hall–Kier alpha value is -1.86. The first-order valence-electron chi connectivity index (χ1n) is 7.71. The van der Waals surface area contributed by atoms with E-state index in [2.05, 4.69) is 25.8 Å². The normalized spacial score (nSPS) is 21.1. The van der Waals surface area contributed by atoms with Crippen LogP contribution < -0.4 is 20.9 Å².